The second-order valence-corrected chi connectivity index (χ2v) is 16.7. The minimum Gasteiger partial charge on any atom is -0.377 e. The van der Waals surface area contributed by atoms with Crippen molar-refractivity contribution >= 4 is 80.9 Å². The molecule has 0 atom stereocenters. The van der Waals surface area contributed by atoms with E-state index in [0.29, 0.717) is 11.1 Å². The van der Waals surface area contributed by atoms with E-state index in [9.17, 15) is 49.9 Å². The molecule has 5 rings (SSSR count). The second-order valence-electron chi connectivity index (χ2n) is 10.8. The molecule has 0 heterocycles. The molecule has 0 aliphatic carbocycles. The third kappa shape index (κ3) is 6.80. The van der Waals surface area contributed by atoms with Crippen molar-refractivity contribution in [2.75, 3.05) is 23.3 Å². The van der Waals surface area contributed by atoms with Crippen LogP contribution >= 0.6 is 12.2 Å². The second kappa shape index (κ2) is 13.6. The van der Waals surface area contributed by atoms with Crippen LogP contribution in [-0.2, 0) is 30.1 Å². The summed E-state index contributed by atoms with van der Waals surface area (Å²) in [6, 6.07) is 18.5. The third-order valence-corrected chi connectivity index (χ3v) is 14.0. The van der Waals surface area contributed by atoms with Crippen molar-refractivity contribution in [2.45, 2.75) is 14.7 Å². The highest BCUT2D eigenvalue weighted by atomic mass is 32.3. The third-order valence-electron chi connectivity index (χ3n) is 7.38. The Morgan fingerprint density at radius 3 is 1.59 bits per heavy atom. The van der Waals surface area contributed by atoms with Gasteiger partial charge >= 0.3 is 0 Å². The Hall–Kier alpha value is -5.57. The smallest absolute Gasteiger partial charge is 0.280 e. The molecule has 0 saturated carbocycles. The molecule has 20 heteroatoms. The molecule has 5 aromatic rings. The molecule has 51 heavy (non-hydrogen) atoms. The summed E-state index contributed by atoms with van der Waals surface area (Å²) in [6.45, 7) is 0. The van der Waals surface area contributed by atoms with Crippen molar-refractivity contribution in [3.8, 4) is 0 Å². The molecule has 0 N–H and O–H groups in total. The fraction of sp³-hybridized carbons (Fsp3) is 0.0645. The van der Waals surface area contributed by atoms with Gasteiger partial charge in [-0.3, -0.25) is 20.2 Å². The number of hydrogen-bond donors (Lipinski definition) is 0. The zero-order valence-electron chi connectivity index (χ0n) is 26.2. The van der Waals surface area contributed by atoms with E-state index >= 15 is 0 Å². The molecule has 264 valence electrons. The van der Waals surface area contributed by atoms with Gasteiger partial charge in [0.2, 0.25) is 5.11 Å². The van der Waals surface area contributed by atoms with Gasteiger partial charge in [0.15, 0.2) is 0 Å². The van der Waals surface area contributed by atoms with Crippen LogP contribution in [0, 0.1) is 26.0 Å². The van der Waals surface area contributed by atoms with Crippen LogP contribution in [0.5, 0.6) is 0 Å². The molecule has 0 aliphatic rings. The number of anilines is 2. The standard InChI is InChI=1S/C31H24FN5O10S4/c1-33(2)29-7-3-6-28-27(29)5-4-8-30(28)51(46,47)37(50(44,45)26-19-15-24(16-20-26)36(40)41)31(48)34(22-11-9-21(32)10-12-22)49(42,43)25-17-13-23(14-18-25)35(38)39/h3-20H,1-2H3. The number of nitrogens with zero attached hydrogens (tertiary/aromatic N) is 5. The Bertz CT molecular complexity index is 2530. The van der Waals surface area contributed by atoms with E-state index in [1.54, 1.807) is 31.1 Å². The number of hydrogen-bond acceptors (Lipinski definition) is 12. The van der Waals surface area contributed by atoms with Crippen molar-refractivity contribution < 1.29 is 39.5 Å². The molecule has 15 nitrogen and oxygen atoms in total. The lowest BCUT2D eigenvalue weighted by Gasteiger charge is -2.32. The number of sulfonamides is 3. The van der Waals surface area contributed by atoms with Crippen molar-refractivity contribution in [1.29, 1.82) is 0 Å². The maximum absolute atomic E-state index is 14.8. The highest BCUT2D eigenvalue weighted by molar-refractivity contribution is 8.06. The Kier molecular flexibility index (Phi) is 9.80. The summed E-state index contributed by atoms with van der Waals surface area (Å²) < 4.78 is 101. The molecule has 5 aromatic carbocycles. The lowest BCUT2D eigenvalue weighted by atomic mass is 10.1. The molecule has 0 radical (unpaired) electrons. The monoisotopic (exact) mass is 773 g/mol. The van der Waals surface area contributed by atoms with Crippen LogP contribution in [0.15, 0.2) is 124 Å². The Morgan fingerprint density at radius 2 is 1.10 bits per heavy atom. The number of thiocarbonyl (C=S) groups is 1. The minimum absolute atomic E-state index is 0.0296. The van der Waals surface area contributed by atoms with Gasteiger partial charge < -0.3 is 4.90 Å². The summed E-state index contributed by atoms with van der Waals surface area (Å²) in [5.74, 6) is -0.840. The number of nitro benzene ring substituents is 2. The Labute approximate surface area is 296 Å². The predicted octanol–water partition coefficient (Wildman–Crippen LogP) is 5.42. The van der Waals surface area contributed by atoms with Crippen LogP contribution in [0.4, 0.5) is 27.1 Å². The lowest BCUT2D eigenvalue weighted by molar-refractivity contribution is -0.385. The number of nitro groups is 2. The fourth-order valence-electron chi connectivity index (χ4n) is 4.99. The van der Waals surface area contributed by atoms with E-state index in [2.05, 4.69) is 0 Å². The summed E-state index contributed by atoms with van der Waals surface area (Å²) in [5.41, 5.74) is -0.995. The van der Waals surface area contributed by atoms with Gasteiger partial charge in [-0.2, -0.15) is 16.8 Å². The maximum atomic E-state index is 14.8. The zero-order valence-corrected chi connectivity index (χ0v) is 29.5. The Balaban J connectivity index is 1.83. The van der Waals surface area contributed by atoms with Crippen LogP contribution in [0.1, 0.15) is 0 Å². The van der Waals surface area contributed by atoms with Gasteiger partial charge in [0.05, 0.1) is 30.2 Å². The Morgan fingerprint density at radius 1 is 0.627 bits per heavy atom. The molecule has 0 spiro atoms. The first-order chi connectivity index (χ1) is 23.9. The van der Waals surface area contributed by atoms with Gasteiger partial charge in [0, 0.05) is 54.8 Å². The molecule has 0 bridgehead atoms. The van der Waals surface area contributed by atoms with Gasteiger partial charge in [-0.15, -0.1) is 3.71 Å². The summed E-state index contributed by atoms with van der Waals surface area (Å²) in [4.78, 5) is 20.5. The zero-order chi connectivity index (χ0) is 37.5. The first-order valence-electron chi connectivity index (χ1n) is 14.2. The van der Waals surface area contributed by atoms with Crippen molar-refractivity contribution in [1.82, 2.24) is 3.71 Å². The van der Waals surface area contributed by atoms with Crippen molar-refractivity contribution in [2.24, 2.45) is 0 Å². The van der Waals surface area contributed by atoms with Crippen LogP contribution in [0.3, 0.4) is 0 Å². The highest BCUT2D eigenvalue weighted by Gasteiger charge is 2.45. The number of benzene rings is 5. The normalized spacial score (nSPS) is 11.9. The topological polar surface area (TPSA) is 198 Å². The molecular formula is C31H24FN5O10S4. The SMILES string of the molecule is CN(C)c1cccc2c(S(=O)(=O)N(C(=S)N(c3ccc(F)cc3)S(=O)(=O)c3ccc([N+](=O)[O-])cc3)S(=O)(=O)c3ccc([N+](=O)[O-])cc3)cccc12. The number of rotatable bonds is 10. The van der Waals surface area contributed by atoms with E-state index in [1.165, 1.54) is 18.2 Å². The van der Waals surface area contributed by atoms with Gasteiger partial charge in [0.1, 0.15) is 5.82 Å². The van der Waals surface area contributed by atoms with E-state index in [0.717, 1.165) is 78.9 Å². The van der Waals surface area contributed by atoms with Gasteiger partial charge in [-0.05, 0) is 72.9 Å². The van der Waals surface area contributed by atoms with E-state index in [4.69, 9.17) is 12.2 Å². The first kappa shape index (κ1) is 36.7. The lowest BCUT2D eigenvalue weighted by Crippen LogP contribution is -2.51. The summed E-state index contributed by atoms with van der Waals surface area (Å²) in [7, 11) is -12.7. The van der Waals surface area contributed by atoms with Gasteiger partial charge in [-0.25, -0.2) is 17.1 Å². The number of fused-ring (bicyclic) bond motifs is 1. The van der Waals surface area contributed by atoms with Crippen LogP contribution < -0.4 is 9.21 Å². The average Bonchev–Trinajstić information content (AvgIpc) is 3.08. The predicted molar refractivity (Wildman–Crippen MR) is 189 cm³/mol. The molecule has 0 unspecified atom stereocenters. The summed E-state index contributed by atoms with van der Waals surface area (Å²) in [6.07, 6.45) is 0. The van der Waals surface area contributed by atoms with E-state index in [-0.39, 0.29) is 13.4 Å². The number of non-ortho nitro benzene ring substituents is 2. The van der Waals surface area contributed by atoms with Crippen LogP contribution in [0.2, 0.25) is 0 Å². The van der Waals surface area contributed by atoms with Crippen LogP contribution in [-0.4, -0.2) is 58.0 Å². The molecule has 0 fully saturated rings. The number of halogens is 1. The van der Waals surface area contributed by atoms with Gasteiger partial charge in [-0.1, -0.05) is 24.3 Å². The molecular weight excluding hydrogens is 750 g/mol. The maximum Gasteiger partial charge on any atom is 0.280 e. The molecule has 0 aromatic heterocycles. The average molecular weight is 774 g/mol. The molecule has 0 saturated heterocycles. The fourth-order valence-corrected chi connectivity index (χ4v) is 11.1. The van der Waals surface area contributed by atoms with Crippen LogP contribution in [0.25, 0.3) is 10.8 Å². The highest BCUT2D eigenvalue weighted by Crippen LogP contribution is 2.36. The quantitative estimate of drug-likeness (QED) is 0.0994. The van der Waals surface area contributed by atoms with E-state index < -0.39 is 82.6 Å². The molecule has 0 aliphatic heterocycles. The summed E-state index contributed by atoms with van der Waals surface area (Å²) >= 11 is 5.48. The first-order valence-corrected chi connectivity index (χ1v) is 19.0. The van der Waals surface area contributed by atoms with E-state index in [1.807, 2.05) is 0 Å². The van der Waals surface area contributed by atoms with Gasteiger partial charge in [0.25, 0.3) is 41.4 Å². The minimum atomic E-state index is -5.46. The molecule has 0 amide bonds. The van der Waals surface area contributed by atoms with Crippen molar-refractivity contribution in [3.63, 3.8) is 0 Å². The summed E-state index contributed by atoms with van der Waals surface area (Å²) in [5, 5.41) is 21.6. The van der Waals surface area contributed by atoms with Crippen molar-refractivity contribution in [3.05, 3.63) is 135 Å². The largest absolute Gasteiger partial charge is 0.377 e.